The summed E-state index contributed by atoms with van der Waals surface area (Å²) >= 11 is 0. The van der Waals surface area contributed by atoms with Crippen LogP contribution in [0.15, 0.2) is 0 Å². The summed E-state index contributed by atoms with van der Waals surface area (Å²) in [7, 11) is 0. The lowest BCUT2D eigenvalue weighted by atomic mass is 9.81. The van der Waals surface area contributed by atoms with E-state index in [1.54, 1.807) is 0 Å². The molecule has 0 aromatic heterocycles. The van der Waals surface area contributed by atoms with E-state index < -0.39 is 0 Å². The SMILES string of the molecule is CC(C)CCNC(=O)C1CCCC(CN)C1. The summed E-state index contributed by atoms with van der Waals surface area (Å²) < 4.78 is 0. The van der Waals surface area contributed by atoms with Gasteiger partial charge in [-0.3, -0.25) is 4.79 Å². The number of nitrogens with two attached hydrogens (primary N) is 1. The Morgan fingerprint density at radius 2 is 2.19 bits per heavy atom. The largest absolute Gasteiger partial charge is 0.356 e. The van der Waals surface area contributed by atoms with Gasteiger partial charge in [0.2, 0.25) is 5.91 Å². The normalized spacial score (nSPS) is 25.8. The van der Waals surface area contributed by atoms with E-state index in [1.165, 1.54) is 6.42 Å². The van der Waals surface area contributed by atoms with Crippen LogP contribution in [0, 0.1) is 17.8 Å². The maximum Gasteiger partial charge on any atom is 0.223 e. The van der Waals surface area contributed by atoms with E-state index in [0.717, 1.165) is 38.8 Å². The highest BCUT2D eigenvalue weighted by molar-refractivity contribution is 5.78. The molecule has 0 aromatic rings. The summed E-state index contributed by atoms with van der Waals surface area (Å²) in [4.78, 5) is 11.9. The number of hydrogen-bond donors (Lipinski definition) is 2. The van der Waals surface area contributed by atoms with Gasteiger partial charge in [-0.25, -0.2) is 0 Å². The van der Waals surface area contributed by atoms with E-state index in [1.807, 2.05) is 0 Å². The molecule has 0 saturated heterocycles. The molecule has 0 aromatic carbocycles. The van der Waals surface area contributed by atoms with Crippen molar-refractivity contribution in [1.82, 2.24) is 5.32 Å². The van der Waals surface area contributed by atoms with Gasteiger partial charge in [-0.2, -0.15) is 0 Å². The average Bonchev–Trinajstić information content (AvgIpc) is 2.28. The summed E-state index contributed by atoms with van der Waals surface area (Å²) in [5.41, 5.74) is 5.67. The number of amides is 1. The first-order valence-corrected chi connectivity index (χ1v) is 6.61. The summed E-state index contributed by atoms with van der Waals surface area (Å²) in [5.74, 6) is 1.69. The molecular weight excluding hydrogens is 200 g/mol. The Balaban J connectivity index is 2.24. The Morgan fingerprint density at radius 1 is 1.44 bits per heavy atom. The van der Waals surface area contributed by atoms with Crippen LogP contribution in [0.3, 0.4) is 0 Å². The molecule has 1 rings (SSSR count). The molecule has 1 aliphatic rings. The van der Waals surface area contributed by atoms with Gasteiger partial charge in [0.25, 0.3) is 0 Å². The van der Waals surface area contributed by atoms with Gasteiger partial charge in [-0.05, 0) is 44.1 Å². The van der Waals surface area contributed by atoms with Crippen molar-refractivity contribution in [3.8, 4) is 0 Å². The lowest BCUT2D eigenvalue weighted by molar-refractivity contribution is -0.126. The Labute approximate surface area is 99.2 Å². The van der Waals surface area contributed by atoms with Crippen molar-refractivity contribution in [3.05, 3.63) is 0 Å². The fraction of sp³-hybridized carbons (Fsp3) is 0.923. The molecule has 0 spiro atoms. The predicted octanol–water partition coefficient (Wildman–Crippen LogP) is 1.91. The van der Waals surface area contributed by atoms with Crippen LogP contribution in [-0.2, 0) is 4.79 Å². The molecule has 0 radical (unpaired) electrons. The van der Waals surface area contributed by atoms with E-state index in [2.05, 4.69) is 19.2 Å². The first kappa shape index (κ1) is 13.5. The van der Waals surface area contributed by atoms with Gasteiger partial charge in [0, 0.05) is 12.5 Å². The molecule has 2 atom stereocenters. The van der Waals surface area contributed by atoms with Crippen LogP contribution in [-0.4, -0.2) is 19.0 Å². The molecule has 2 unspecified atom stereocenters. The van der Waals surface area contributed by atoms with Gasteiger partial charge in [0.15, 0.2) is 0 Å². The van der Waals surface area contributed by atoms with Gasteiger partial charge >= 0.3 is 0 Å². The molecular formula is C13H26N2O. The molecule has 94 valence electrons. The van der Waals surface area contributed by atoms with Crippen molar-refractivity contribution in [2.24, 2.45) is 23.5 Å². The number of carbonyl (C=O) groups is 1. The lowest BCUT2D eigenvalue weighted by Crippen LogP contribution is -2.36. The summed E-state index contributed by atoms with van der Waals surface area (Å²) in [6.07, 6.45) is 5.46. The van der Waals surface area contributed by atoms with Crippen molar-refractivity contribution in [2.75, 3.05) is 13.1 Å². The van der Waals surface area contributed by atoms with Crippen LogP contribution >= 0.6 is 0 Å². The summed E-state index contributed by atoms with van der Waals surface area (Å²) in [6, 6.07) is 0. The van der Waals surface area contributed by atoms with E-state index in [0.29, 0.717) is 11.8 Å². The Hall–Kier alpha value is -0.570. The lowest BCUT2D eigenvalue weighted by Gasteiger charge is -2.27. The highest BCUT2D eigenvalue weighted by atomic mass is 16.1. The first-order chi connectivity index (χ1) is 7.63. The monoisotopic (exact) mass is 226 g/mol. The zero-order chi connectivity index (χ0) is 12.0. The standard InChI is InChI=1S/C13H26N2O/c1-10(2)6-7-15-13(16)12-5-3-4-11(8-12)9-14/h10-12H,3-9,14H2,1-2H3,(H,15,16). The minimum Gasteiger partial charge on any atom is -0.356 e. The number of nitrogens with one attached hydrogen (secondary N) is 1. The van der Waals surface area contributed by atoms with E-state index in [4.69, 9.17) is 5.73 Å². The molecule has 0 heterocycles. The van der Waals surface area contributed by atoms with Crippen LogP contribution in [0.1, 0.15) is 46.0 Å². The first-order valence-electron chi connectivity index (χ1n) is 6.61. The number of carbonyl (C=O) groups excluding carboxylic acids is 1. The molecule has 1 saturated carbocycles. The molecule has 0 bridgehead atoms. The summed E-state index contributed by atoms with van der Waals surface area (Å²) in [6.45, 7) is 5.91. The number of rotatable bonds is 5. The minimum absolute atomic E-state index is 0.217. The van der Waals surface area contributed by atoms with Crippen molar-refractivity contribution < 1.29 is 4.79 Å². The third-order valence-electron chi connectivity index (χ3n) is 3.51. The van der Waals surface area contributed by atoms with E-state index >= 15 is 0 Å². The smallest absolute Gasteiger partial charge is 0.223 e. The van der Waals surface area contributed by atoms with Crippen molar-refractivity contribution in [3.63, 3.8) is 0 Å². The predicted molar refractivity (Wildman–Crippen MR) is 67.0 cm³/mol. The molecule has 1 fully saturated rings. The van der Waals surface area contributed by atoms with Gasteiger partial charge in [-0.15, -0.1) is 0 Å². The fourth-order valence-corrected chi connectivity index (χ4v) is 2.37. The van der Waals surface area contributed by atoms with Gasteiger partial charge in [-0.1, -0.05) is 20.3 Å². The minimum atomic E-state index is 0.217. The Bertz CT molecular complexity index is 216. The number of hydrogen-bond acceptors (Lipinski definition) is 2. The van der Waals surface area contributed by atoms with Gasteiger partial charge in [0.05, 0.1) is 0 Å². The maximum absolute atomic E-state index is 11.9. The molecule has 3 heteroatoms. The molecule has 3 nitrogen and oxygen atoms in total. The molecule has 0 aliphatic heterocycles. The zero-order valence-electron chi connectivity index (χ0n) is 10.7. The second kappa shape index (κ2) is 6.89. The molecule has 1 amide bonds. The van der Waals surface area contributed by atoms with E-state index in [9.17, 15) is 4.79 Å². The zero-order valence-corrected chi connectivity index (χ0v) is 10.7. The van der Waals surface area contributed by atoms with Crippen LogP contribution in [0.2, 0.25) is 0 Å². The van der Waals surface area contributed by atoms with Gasteiger partial charge < -0.3 is 11.1 Å². The average molecular weight is 226 g/mol. The van der Waals surface area contributed by atoms with Crippen LogP contribution in [0.25, 0.3) is 0 Å². The second-order valence-electron chi connectivity index (χ2n) is 5.44. The fourth-order valence-electron chi connectivity index (χ4n) is 2.37. The molecule has 3 N–H and O–H groups in total. The third-order valence-corrected chi connectivity index (χ3v) is 3.51. The van der Waals surface area contributed by atoms with Crippen LogP contribution < -0.4 is 11.1 Å². The van der Waals surface area contributed by atoms with Crippen LogP contribution in [0.4, 0.5) is 0 Å². The quantitative estimate of drug-likeness (QED) is 0.752. The van der Waals surface area contributed by atoms with Crippen molar-refractivity contribution >= 4 is 5.91 Å². The molecule has 16 heavy (non-hydrogen) atoms. The highest BCUT2D eigenvalue weighted by Gasteiger charge is 2.26. The third kappa shape index (κ3) is 4.52. The topological polar surface area (TPSA) is 55.1 Å². The Morgan fingerprint density at radius 3 is 2.81 bits per heavy atom. The second-order valence-corrected chi connectivity index (χ2v) is 5.44. The Kier molecular flexibility index (Phi) is 5.81. The van der Waals surface area contributed by atoms with Gasteiger partial charge in [0.1, 0.15) is 0 Å². The van der Waals surface area contributed by atoms with Crippen molar-refractivity contribution in [1.29, 1.82) is 0 Å². The summed E-state index contributed by atoms with van der Waals surface area (Å²) in [5, 5.41) is 3.05. The maximum atomic E-state index is 11.9. The van der Waals surface area contributed by atoms with Crippen LogP contribution in [0.5, 0.6) is 0 Å². The van der Waals surface area contributed by atoms with Crippen molar-refractivity contribution in [2.45, 2.75) is 46.0 Å². The van der Waals surface area contributed by atoms with E-state index in [-0.39, 0.29) is 11.8 Å². The highest BCUT2D eigenvalue weighted by Crippen LogP contribution is 2.28. The molecule has 1 aliphatic carbocycles.